The number of nitrogens with zero attached hydrogens (tertiary/aromatic N) is 4. The normalized spacial score (nSPS) is 15.6. The van der Waals surface area contributed by atoms with Gasteiger partial charge in [-0.1, -0.05) is 6.92 Å². The molecule has 1 N–H and O–H groups in total. The van der Waals surface area contributed by atoms with Crippen molar-refractivity contribution in [1.29, 1.82) is 0 Å². The lowest BCUT2D eigenvalue weighted by Gasteiger charge is -2.26. The fourth-order valence-electron chi connectivity index (χ4n) is 3.89. The highest BCUT2D eigenvalue weighted by molar-refractivity contribution is 7.89. The molecule has 0 unspecified atom stereocenters. The summed E-state index contributed by atoms with van der Waals surface area (Å²) < 4.78 is 37.9. The fraction of sp³-hybridized carbons (Fsp3) is 0.435. The number of carbonyl (C=O) groups is 1. The summed E-state index contributed by atoms with van der Waals surface area (Å²) in [5, 5.41) is 11.0. The first-order valence-electron chi connectivity index (χ1n) is 11.4. The van der Waals surface area contributed by atoms with Gasteiger partial charge in [0.1, 0.15) is 0 Å². The molecule has 1 amide bonds. The van der Waals surface area contributed by atoms with Crippen LogP contribution in [0.2, 0.25) is 0 Å². The smallest absolute Gasteiger partial charge is 0.283 e. The molecule has 0 bridgehead atoms. The second-order valence-corrected chi connectivity index (χ2v) is 10.2. The van der Waals surface area contributed by atoms with E-state index in [1.54, 1.807) is 31.2 Å². The molecule has 1 aliphatic rings. The monoisotopic (exact) mass is 487 g/mol. The van der Waals surface area contributed by atoms with E-state index in [-0.39, 0.29) is 16.7 Å². The Morgan fingerprint density at radius 1 is 1.18 bits per heavy atom. The van der Waals surface area contributed by atoms with E-state index < -0.39 is 16.1 Å². The number of hydrogen-bond donors (Lipinski definition) is 1. The number of benzene rings is 1. The van der Waals surface area contributed by atoms with Gasteiger partial charge in [-0.3, -0.25) is 9.69 Å². The SMILES string of the molecule is CCCN(Cc1nnc(-c2ccco2)o1)[C@@H](C)C(=O)Nc1ccc(S(=O)(=O)N2CCCC2)cc1. The van der Waals surface area contributed by atoms with Gasteiger partial charge in [-0.05, 0) is 69.1 Å². The van der Waals surface area contributed by atoms with E-state index in [0.29, 0.717) is 43.5 Å². The molecule has 1 aliphatic heterocycles. The molecule has 34 heavy (non-hydrogen) atoms. The molecule has 1 aromatic carbocycles. The van der Waals surface area contributed by atoms with Crippen LogP contribution in [0.5, 0.6) is 0 Å². The maximum atomic E-state index is 12.9. The lowest BCUT2D eigenvalue weighted by Crippen LogP contribution is -2.42. The molecule has 182 valence electrons. The van der Waals surface area contributed by atoms with Crippen LogP contribution in [0.1, 0.15) is 39.0 Å². The van der Waals surface area contributed by atoms with Gasteiger partial charge in [0, 0.05) is 18.8 Å². The van der Waals surface area contributed by atoms with E-state index in [2.05, 4.69) is 15.5 Å². The Labute approximate surface area is 199 Å². The lowest BCUT2D eigenvalue weighted by molar-refractivity contribution is -0.121. The van der Waals surface area contributed by atoms with Gasteiger partial charge in [-0.25, -0.2) is 8.42 Å². The third-order valence-electron chi connectivity index (χ3n) is 5.80. The zero-order valence-corrected chi connectivity index (χ0v) is 20.1. The molecule has 1 fully saturated rings. The Kier molecular flexibility index (Phi) is 7.44. The van der Waals surface area contributed by atoms with Crippen molar-refractivity contribution in [2.24, 2.45) is 0 Å². The Morgan fingerprint density at radius 3 is 2.56 bits per heavy atom. The molecule has 0 spiro atoms. The largest absolute Gasteiger partial charge is 0.459 e. The number of sulfonamides is 1. The summed E-state index contributed by atoms with van der Waals surface area (Å²) in [6, 6.07) is 9.30. The van der Waals surface area contributed by atoms with E-state index in [1.807, 2.05) is 11.8 Å². The van der Waals surface area contributed by atoms with Gasteiger partial charge in [0.2, 0.25) is 21.8 Å². The van der Waals surface area contributed by atoms with Gasteiger partial charge >= 0.3 is 0 Å². The number of carbonyl (C=O) groups excluding carboxylic acids is 1. The summed E-state index contributed by atoms with van der Waals surface area (Å²) in [5.41, 5.74) is 0.534. The van der Waals surface area contributed by atoms with Crippen molar-refractivity contribution in [3.05, 3.63) is 48.6 Å². The van der Waals surface area contributed by atoms with Gasteiger partial charge in [-0.15, -0.1) is 10.2 Å². The summed E-state index contributed by atoms with van der Waals surface area (Å²) in [7, 11) is -3.49. The molecular weight excluding hydrogens is 458 g/mol. The maximum absolute atomic E-state index is 12.9. The van der Waals surface area contributed by atoms with Crippen molar-refractivity contribution in [2.75, 3.05) is 25.0 Å². The number of hydrogen-bond acceptors (Lipinski definition) is 8. The minimum atomic E-state index is -3.49. The summed E-state index contributed by atoms with van der Waals surface area (Å²) in [6.45, 7) is 5.90. The van der Waals surface area contributed by atoms with E-state index in [4.69, 9.17) is 8.83 Å². The standard InChI is InChI=1S/C23H29N5O5S/c1-3-12-27(16-21-25-26-23(33-21)20-7-6-15-32-20)17(2)22(29)24-18-8-10-19(11-9-18)34(30,31)28-13-4-5-14-28/h6-11,15,17H,3-5,12-14,16H2,1-2H3,(H,24,29)/t17-/m0/s1. The van der Waals surface area contributed by atoms with E-state index in [9.17, 15) is 13.2 Å². The number of aromatic nitrogens is 2. The van der Waals surface area contributed by atoms with Crippen LogP contribution in [-0.4, -0.2) is 59.4 Å². The van der Waals surface area contributed by atoms with E-state index in [1.165, 1.54) is 22.7 Å². The van der Waals surface area contributed by atoms with Crippen molar-refractivity contribution in [3.8, 4) is 11.7 Å². The molecule has 1 saturated heterocycles. The third-order valence-corrected chi connectivity index (χ3v) is 7.71. The number of nitrogens with one attached hydrogen (secondary N) is 1. The van der Waals surface area contributed by atoms with Gasteiger partial charge in [0.05, 0.1) is 23.7 Å². The summed E-state index contributed by atoms with van der Waals surface area (Å²) in [5.74, 6) is 0.949. The number of furan rings is 1. The second-order valence-electron chi connectivity index (χ2n) is 8.25. The molecule has 0 radical (unpaired) electrons. The summed E-state index contributed by atoms with van der Waals surface area (Å²) in [4.78, 5) is 15.1. The van der Waals surface area contributed by atoms with E-state index in [0.717, 1.165) is 19.3 Å². The van der Waals surface area contributed by atoms with Crippen LogP contribution < -0.4 is 5.32 Å². The summed E-state index contributed by atoms with van der Waals surface area (Å²) in [6.07, 6.45) is 4.13. The van der Waals surface area contributed by atoms with Crippen molar-refractivity contribution >= 4 is 21.6 Å². The molecule has 0 saturated carbocycles. The zero-order valence-electron chi connectivity index (χ0n) is 19.3. The first kappa shape index (κ1) is 24.1. The topological polar surface area (TPSA) is 122 Å². The van der Waals surface area contributed by atoms with Crippen LogP contribution in [0.3, 0.4) is 0 Å². The molecule has 10 nitrogen and oxygen atoms in total. The van der Waals surface area contributed by atoms with Gasteiger partial charge in [-0.2, -0.15) is 4.31 Å². The Morgan fingerprint density at radius 2 is 1.91 bits per heavy atom. The molecular formula is C23H29N5O5S. The number of rotatable bonds is 10. The summed E-state index contributed by atoms with van der Waals surface area (Å²) >= 11 is 0. The number of amides is 1. The minimum Gasteiger partial charge on any atom is -0.459 e. The molecule has 3 heterocycles. The van der Waals surface area contributed by atoms with Crippen LogP contribution >= 0.6 is 0 Å². The van der Waals surface area contributed by atoms with Crippen LogP contribution in [-0.2, 0) is 21.4 Å². The quantitative estimate of drug-likeness (QED) is 0.462. The molecule has 0 aliphatic carbocycles. The van der Waals surface area contributed by atoms with Crippen molar-refractivity contribution in [3.63, 3.8) is 0 Å². The van der Waals surface area contributed by atoms with Gasteiger partial charge in [0.25, 0.3) is 5.89 Å². The van der Waals surface area contributed by atoms with Crippen LogP contribution in [0.15, 0.2) is 56.4 Å². The highest BCUT2D eigenvalue weighted by atomic mass is 32.2. The van der Waals surface area contributed by atoms with Crippen molar-refractivity contribution in [2.45, 2.75) is 50.6 Å². The Balaban J connectivity index is 1.39. The average Bonchev–Trinajstić information content (AvgIpc) is 3.61. The van der Waals surface area contributed by atoms with Crippen LogP contribution in [0.25, 0.3) is 11.7 Å². The highest BCUT2D eigenvalue weighted by Gasteiger charge is 2.27. The third kappa shape index (κ3) is 5.37. The Bertz CT molecular complexity index is 1180. The Hall–Kier alpha value is -3.02. The lowest BCUT2D eigenvalue weighted by atomic mass is 10.2. The molecule has 11 heteroatoms. The first-order chi connectivity index (χ1) is 16.4. The van der Waals surface area contributed by atoms with Gasteiger partial charge < -0.3 is 14.2 Å². The second kappa shape index (κ2) is 10.5. The van der Waals surface area contributed by atoms with Gasteiger partial charge in [0.15, 0.2) is 5.76 Å². The van der Waals surface area contributed by atoms with Crippen LogP contribution in [0, 0.1) is 0 Å². The van der Waals surface area contributed by atoms with Crippen LogP contribution in [0.4, 0.5) is 5.69 Å². The van der Waals surface area contributed by atoms with Crippen molar-refractivity contribution < 1.29 is 22.0 Å². The average molecular weight is 488 g/mol. The highest BCUT2D eigenvalue weighted by Crippen LogP contribution is 2.23. The predicted molar refractivity (Wildman–Crippen MR) is 125 cm³/mol. The van der Waals surface area contributed by atoms with Crippen molar-refractivity contribution in [1.82, 2.24) is 19.4 Å². The fourth-order valence-corrected chi connectivity index (χ4v) is 5.41. The zero-order chi connectivity index (χ0) is 24.1. The maximum Gasteiger partial charge on any atom is 0.283 e. The predicted octanol–water partition coefficient (Wildman–Crippen LogP) is 3.35. The molecule has 1 atom stereocenters. The molecule has 3 aromatic rings. The molecule has 2 aromatic heterocycles. The van der Waals surface area contributed by atoms with E-state index >= 15 is 0 Å². The molecule has 4 rings (SSSR count). The minimum absolute atomic E-state index is 0.214. The number of anilines is 1. The first-order valence-corrected chi connectivity index (χ1v) is 12.8.